The van der Waals surface area contributed by atoms with Crippen molar-refractivity contribution in [1.82, 2.24) is 15.4 Å². The van der Waals surface area contributed by atoms with Gasteiger partial charge in [0.2, 0.25) is 10.4 Å². The summed E-state index contributed by atoms with van der Waals surface area (Å²) in [7, 11) is -5.05. The largest absolute Gasteiger partial charge is 0.724 e. The van der Waals surface area contributed by atoms with Gasteiger partial charge in [-0.05, 0) is 19.6 Å². The number of piperidine rings is 1. The maximum absolute atomic E-state index is 12.0. The number of fused-ring (bicyclic) bond motifs is 2. The van der Waals surface area contributed by atoms with Crippen LogP contribution < -0.4 is 5.48 Å². The van der Waals surface area contributed by atoms with Crippen molar-refractivity contribution in [3.8, 4) is 0 Å². The SMILES string of the molecule is C=NCCONC(=O)[C@@H]1CC[C@@H]2CN1C(=O)N2OS(=O)(=O)[O-]. The first kappa shape index (κ1) is 16.6. The number of hydrogen-bond donors (Lipinski definition) is 1. The van der Waals surface area contributed by atoms with Crippen LogP contribution in [0.15, 0.2) is 4.99 Å². The molecule has 2 aliphatic heterocycles. The van der Waals surface area contributed by atoms with Crippen LogP contribution in [-0.4, -0.2) is 73.4 Å². The number of aliphatic imine (C=N–C) groups is 1. The summed E-state index contributed by atoms with van der Waals surface area (Å²) < 4.78 is 36.1. The highest BCUT2D eigenvalue weighted by Gasteiger charge is 2.48. The molecule has 1 N–H and O–H groups in total. The molecule has 0 radical (unpaired) electrons. The highest BCUT2D eigenvalue weighted by molar-refractivity contribution is 7.80. The zero-order chi connectivity index (χ0) is 16.3. The van der Waals surface area contributed by atoms with Crippen molar-refractivity contribution in [3.05, 3.63) is 0 Å². The fraction of sp³-hybridized carbons (Fsp3) is 0.700. The molecule has 0 unspecified atom stereocenters. The molecule has 22 heavy (non-hydrogen) atoms. The lowest BCUT2D eigenvalue weighted by Gasteiger charge is -2.28. The zero-order valence-corrected chi connectivity index (χ0v) is 12.3. The monoisotopic (exact) mass is 335 g/mol. The van der Waals surface area contributed by atoms with E-state index in [0.717, 1.165) is 4.90 Å². The fourth-order valence-corrected chi connectivity index (χ4v) is 2.78. The van der Waals surface area contributed by atoms with Gasteiger partial charge in [0.15, 0.2) is 0 Å². The standard InChI is InChI=1S/C10H16N4O7S/c1-11-4-5-20-12-9(15)8-3-2-7-6-13(8)10(16)14(7)21-22(17,18)19/h7-8H,1-6H2,(H,12,15)(H,17,18,19)/p-1/t7-,8+/m1/s1. The Morgan fingerprint density at radius 3 is 2.86 bits per heavy atom. The molecule has 2 aliphatic rings. The van der Waals surface area contributed by atoms with E-state index in [9.17, 15) is 22.6 Å². The first-order valence-electron chi connectivity index (χ1n) is 6.43. The number of carbonyl (C=O) groups excluding carboxylic acids is 2. The van der Waals surface area contributed by atoms with Crippen LogP contribution in [-0.2, 0) is 24.3 Å². The fourth-order valence-electron chi connectivity index (χ4n) is 2.40. The third kappa shape index (κ3) is 3.71. The van der Waals surface area contributed by atoms with Crippen molar-refractivity contribution in [2.45, 2.75) is 24.9 Å². The van der Waals surface area contributed by atoms with E-state index in [1.807, 2.05) is 0 Å². The second-order valence-corrected chi connectivity index (χ2v) is 5.72. The number of rotatable bonds is 7. The second kappa shape index (κ2) is 6.56. The molecule has 2 heterocycles. The van der Waals surface area contributed by atoms with Crippen molar-refractivity contribution in [2.24, 2.45) is 4.99 Å². The van der Waals surface area contributed by atoms with Crippen molar-refractivity contribution >= 4 is 29.1 Å². The summed E-state index contributed by atoms with van der Waals surface area (Å²) in [6.45, 7) is 3.80. The van der Waals surface area contributed by atoms with Crippen LogP contribution in [0.3, 0.4) is 0 Å². The Morgan fingerprint density at radius 1 is 1.50 bits per heavy atom. The maximum Gasteiger partial charge on any atom is 0.346 e. The molecule has 0 aromatic carbocycles. The van der Waals surface area contributed by atoms with Gasteiger partial charge in [-0.15, -0.1) is 0 Å². The number of hydrogen-bond acceptors (Lipinski definition) is 8. The Labute approximate surface area is 126 Å². The van der Waals surface area contributed by atoms with E-state index in [0.29, 0.717) is 24.4 Å². The van der Waals surface area contributed by atoms with E-state index in [1.165, 1.54) is 0 Å². The van der Waals surface area contributed by atoms with Gasteiger partial charge in [0, 0.05) is 6.54 Å². The molecule has 2 rings (SSSR count). The molecule has 11 nitrogen and oxygen atoms in total. The van der Waals surface area contributed by atoms with Gasteiger partial charge < -0.3 is 9.45 Å². The molecule has 0 spiro atoms. The minimum atomic E-state index is -5.05. The molecule has 2 bridgehead atoms. The molecule has 2 fully saturated rings. The zero-order valence-electron chi connectivity index (χ0n) is 11.5. The summed E-state index contributed by atoms with van der Waals surface area (Å²) in [6, 6.07) is -2.23. The van der Waals surface area contributed by atoms with Gasteiger partial charge in [0.05, 0.1) is 19.2 Å². The normalized spacial score (nSPS) is 24.5. The van der Waals surface area contributed by atoms with Crippen LogP contribution in [0.5, 0.6) is 0 Å². The summed E-state index contributed by atoms with van der Waals surface area (Å²) in [5, 5.41) is 0.512. The molecule has 12 heteroatoms. The number of hydroxylamine groups is 3. The summed E-state index contributed by atoms with van der Waals surface area (Å²) in [5.74, 6) is -0.539. The number of nitrogens with zero attached hydrogens (tertiary/aromatic N) is 3. The number of amides is 3. The van der Waals surface area contributed by atoms with Crippen LogP contribution in [0.25, 0.3) is 0 Å². The Bertz CT molecular complexity index is 566. The summed E-state index contributed by atoms with van der Waals surface area (Å²) in [4.78, 5) is 33.6. The van der Waals surface area contributed by atoms with E-state index in [-0.39, 0.29) is 13.2 Å². The quantitative estimate of drug-likeness (QED) is 0.194. The molecular weight excluding hydrogens is 320 g/mol. The van der Waals surface area contributed by atoms with E-state index in [1.54, 1.807) is 0 Å². The van der Waals surface area contributed by atoms with Crippen LogP contribution >= 0.6 is 0 Å². The topological polar surface area (TPSA) is 141 Å². The van der Waals surface area contributed by atoms with Crippen molar-refractivity contribution < 1.29 is 31.7 Å². The molecule has 2 saturated heterocycles. The summed E-state index contributed by atoms with van der Waals surface area (Å²) in [5.41, 5.74) is 2.19. The molecule has 3 amide bonds. The van der Waals surface area contributed by atoms with Gasteiger partial charge in [-0.2, -0.15) is 9.35 Å². The van der Waals surface area contributed by atoms with Crippen LogP contribution in [0.2, 0.25) is 0 Å². The van der Waals surface area contributed by atoms with Gasteiger partial charge in [-0.1, -0.05) is 0 Å². The Hall–Kier alpha value is -1.76. The summed E-state index contributed by atoms with van der Waals surface area (Å²) >= 11 is 0. The number of carbonyl (C=O) groups is 2. The third-order valence-electron chi connectivity index (χ3n) is 3.32. The van der Waals surface area contributed by atoms with Crippen molar-refractivity contribution in [1.29, 1.82) is 0 Å². The average Bonchev–Trinajstić information content (AvgIpc) is 2.67. The van der Waals surface area contributed by atoms with Gasteiger partial charge in [0.1, 0.15) is 6.04 Å². The van der Waals surface area contributed by atoms with Crippen molar-refractivity contribution in [2.75, 3.05) is 19.7 Å². The average molecular weight is 335 g/mol. The number of nitrogens with one attached hydrogen (secondary N) is 1. The summed E-state index contributed by atoms with van der Waals surface area (Å²) in [6.07, 6.45) is 0.619. The number of urea groups is 1. The minimum absolute atomic E-state index is 0.0979. The lowest BCUT2D eigenvalue weighted by molar-refractivity contribution is -0.138. The van der Waals surface area contributed by atoms with Gasteiger partial charge in [-0.3, -0.25) is 14.6 Å². The Balaban J connectivity index is 1.96. The molecular formula is C10H15N4O7S-. The highest BCUT2D eigenvalue weighted by atomic mass is 32.3. The maximum atomic E-state index is 12.0. The molecule has 124 valence electrons. The molecule has 0 aromatic heterocycles. The lowest BCUT2D eigenvalue weighted by Crippen LogP contribution is -2.49. The molecule has 0 aromatic rings. The smallest absolute Gasteiger partial charge is 0.346 e. The molecule has 2 atom stereocenters. The van der Waals surface area contributed by atoms with Crippen molar-refractivity contribution in [3.63, 3.8) is 0 Å². The lowest BCUT2D eigenvalue weighted by atomic mass is 10.0. The van der Waals surface area contributed by atoms with Gasteiger partial charge >= 0.3 is 6.03 Å². The van der Waals surface area contributed by atoms with Crippen LogP contribution in [0.4, 0.5) is 4.79 Å². The predicted molar refractivity (Wildman–Crippen MR) is 70.0 cm³/mol. The van der Waals surface area contributed by atoms with Crippen LogP contribution in [0, 0.1) is 0 Å². The van der Waals surface area contributed by atoms with Crippen LogP contribution in [0.1, 0.15) is 12.8 Å². The third-order valence-corrected chi connectivity index (χ3v) is 3.66. The Kier molecular flexibility index (Phi) is 4.95. The molecule has 0 aliphatic carbocycles. The van der Waals surface area contributed by atoms with E-state index >= 15 is 0 Å². The minimum Gasteiger partial charge on any atom is -0.724 e. The van der Waals surface area contributed by atoms with E-state index in [4.69, 9.17) is 4.84 Å². The van der Waals surface area contributed by atoms with E-state index < -0.39 is 34.4 Å². The van der Waals surface area contributed by atoms with Gasteiger partial charge in [0.25, 0.3) is 5.91 Å². The van der Waals surface area contributed by atoms with E-state index in [2.05, 4.69) is 21.5 Å². The predicted octanol–water partition coefficient (Wildman–Crippen LogP) is -1.60. The van der Waals surface area contributed by atoms with Gasteiger partial charge in [-0.25, -0.2) is 18.7 Å². The highest BCUT2D eigenvalue weighted by Crippen LogP contribution is 2.30. The first-order chi connectivity index (χ1) is 10.3. The molecule has 0 saturated carbocycles. The first-order valence-corrected chi connectivity index (χ1v) is 7.76. The second-order valence-electron chi connectivity index (χ2n) is 4.75. The Morgan fingerprint density at radius 2 is 2.23 bits per heavy atom.